The highest BCUT2D eigenvalue weighted by Gasteiger charge is 2.21. The van der Waals surface area contributed by atoms with Gasteiger partial charge in [0.15, 0.2) is 5.78 Å². The van der Waals surface area contributed by atoms with Gasteiger partial charge in [0, 0.05) is 38.2 Å². The van der Waals surface area contributed by atoms with Gasteiger partial charge in [-0.25, -0.2) is 0 Å². The largest absolute Gasteiger partial charge is 0.394 e. The van der Waals surface area contributed by atoms with E-state index in [0.29, 0.717) is 30.8 Å². The predicted molar refractivity (Wildman–Crippen MR) is 146 cm³/mol. The van der Waals surface area contributed by atoms with Gasteiger partial charge in [-0.05, 0) is 47.4 Å². The molecule has 5 N–H and O–H groups in total. The lowest BCUT2D eigenvalue weighted by molar-refractivity contribution is -0.116. The Bertz CT molecular complexity index is 1120. The van der Waals surface area contributed by atoms with Crippen LogP contribution in [0.2, 0.25) is 0 Å². The Balaban J connectivity index is 1.69. The summed E-state index contributed by atoms with van der Waals surface area (Å²) < 4.78 is 0. The Hall–Kier alpha value is -3.21. The number of amides is 1. The number of nitrogens with one attached hydrogen (secondary N) is 1. The van der Waals surface area contributed by atoms with Crippen molar-refractivity contribution in [2.75, 3.05) is 31.6 Å². The van der Waals surface area contributed by atoms with Gasteiger partial charge < -0.3 is 25.7 Å². The van der Waals surface area contributed by atoms with E-state index in [4.69, 9.17) is 4.99 Å². The summed E-state index contributed by atoms with van der Waals surface area (Å²) >= 11 is 0. The molecule has 2 aromatic rings. The van der Waals surface area contributed by atoms with Gasteiger partial charge in [-0.2, -0.15) is 0 Å². The summed E-state index contributed by atoms with van der Waals surface area (Å²) in [7, 11) is 0. The van der Waals surface area contributed by atoms with Gasteiger partial charge in [-0.15, -0.1) is 0 Å². The molecule has 0 radical (unpaired) electrons. The molecule has 1 heterocycles. The highest BCUT2D eigenvalue weighted by Crippen LogP contribution is 2.19. The molecular weight excluding hydrogens is 486 g/mol. The van der Waals surface area contributed by atoms with Crippen LogP contribution in [0.25, 0.3) is 0 Å². The Labute approximate surface area is 223 Å². The van der Waals surface area contributed by atoms with E-state index in [2.05, 4.69) is 5.32 Å². The summed E-state index contributed by atoms with van der Waals surface area (Å²) in [4.78, 5) is 31.0. The van der Waals surface area contributed by atoms with Crippen LogP contribution in [-0.2, 0) is 22.6 Å². The van der Waals surface area contributed by atoms with Crippen molar-refractivity contribution in [1.29, 1.82) is 0 Å². The smallest absolute Gasteiger partial charge is 0.224 e. The van der Waals surface area contributed by atoms with Gasteiger partial charge in [0.2, 0.25) is 5.91 Å². The number of aliphatic imine (C=N–C) groups is 1. The molecule has 38 heavy (non-hydrogen) atoms. The zero-order chi connectivity index (χ0) is 27.5. The molecule has 1 aliphatic heterocycles. The summed E-state index contributed by atoms with van der Waals surface area (Å²) in [6, 6.07) is 14.5. The molecule has 3 atom stereocenters. The molecule has 1 aliphatic rings. The number of dihydropyridines is 1. The first kappa shape index (κ1) is 29.3. The van der Waals surface area contributed by atoms with Crippen molar-refractivity contribution >= 4 is 23.1 Å². The zero-order valence-corrected chi connectivity index (χ0v) is 21.7. The van der Waals surface area contributed by atoms with Crippen LogP contribution in [0.3, 0.4) is 0 Å². The third-order valence-electron chi connectivity index (χ3n) is 6.16. The van der Waals surface area contributed by atoms with Crippen molar-refractivity contribution in [2.24, 2.45) is 4.99 Å². The van der Waals surface area contributed by atoms with Crippen molar-refractivity contribution < 1.29 is 30.0 Å². The fourth-order valence-corrected chi connectivity index (χ4v) is 4.27. The maximum atomic E-state index is 12.6. The van der Waals surface area contributed by atoms with E-state index in [1.807, 2.05) is 55.5 Å². The summed E-state index contributed by atoms with van der Waals surface area (Å²) in [5, 5.41) is 40.9. The first-order chi connectivity index (χ1) is 18.3. The van der Waals surface area contributed by atoms with Crippen LogP contribution in [-0.4, -0.2) is 87.3 Å². The average Bonchev–Trinajstić information content (AvgIpc) is 2.90. The van der Waals surface area contributed by atoms with Crippen molar-refractivity contribution in [1.82, 2.24) is 4.90 Å². The Kier molecular flexibility index (Phi) is 11.3. The molecule has 0 aromatic heterocycles. The number of aliphatic hydroxyl groups is 4. The minimum Gasteiger partial charge on any atom is -0.394 e. The first-order valence-electron chi connectivity index (χ1n) is 12.9. The van der Waals surface area contributed by atoms with E-state index in [0.717, 1.165) is 23.1 Å². The molecule has 2 aromatic carbocycles. The van der Waals surface area contributed by atoms with Crippen LogP contribution in [0.1, 0.15) is 36.5 Å². The number of aliphatic hydroxyl groups excluding tert-OH is 4. The summed E-state index contributed by atoms with van der Waals surface area (Å²) in [5.41, 5.74) is 4.06. The number of ketones is 1. The third kappa shape index (κ3) is 8.97. The highest BCUT2D eigenvalue weighted by atomic mass is 16.3. The van der Waals surface area contributed by atoms with Gasteiger partial charge in [-0.3, -0.25) is 19.5 Å². The van der Waals surface area contributed by atoms with Crippen molar-refractivity contribution in [3.05, 3.63) is 77.4 Å². The highest BCUT2D eigenvalue weighted by molar-refractivity contribution is 6.15. The molecule has 3 rings (SSSR count). The average molecular weight is 524 g/mol. The second-order valence-corrected chi connectivity index (χ2v) is 9.53. The second-order valence-electron chi connectivity index (χ2n) is 9.53. The van der Waals surface area contributed by atoms with E-state index < -0.39 is 31.5 Å². The standard InChI is InChI=1S/C29H37N3O6/c1-2-4-29(38)30-23-6-3-5-21(13-23)14-27-28(37)12-11-26(31-27)22-9-7-20(8-10-22)15-32(16-24(35)18-33)17-25(36)19-34/h3,5-13,24-25,27,33-36H,2,4,14-19H2,1H3,(H,30,38). The maximum Gasteiger partial charge on any atom is 0.224 e. The molecule has 0 spiro atoms. The van der Waals surface area contributed by atoms with Crippen LogP contribution < -0.4 is 5.32 Å². The van der Waals surface area contributed by atoms with E-state index in [1.54, 1.807) is 17.1 Å². The fourth-order valence-electron chi connectivity index (χ4n) is 4.27. The molecule has 0 saturated heterocycles. The molecule has 9 nitrogen and oxygen atoms in total. The molecule has 204 valence electrons. The molecule has 0 bridgehead atoms. The zero-order valence-electron chi connectivity index (χ0n) is 21.7. The molecule has 0 fully saturated rings. The van der Waals surface area contributed by atoms with E-state index in [-0.39, 0.29) is 24.8 Å². The van der Waals surface area contributed by atoms with Gasteiger partial charge in [0.1, 0.15) is 6.04 Å². The summed E-state index contributed by atoms with van der Waals surface area (Å²) in [6.45, 7) is 1.87. The summed E-state index contributed by atoms with van der Waals surface area (Å²) in [5.74, 6) is -0.117. The number of hydrogen-bond acceptors (Lipinski definition) is 8. The van der Waals surface area contributed by atoms with Gasteiger partial charge in [0.05, 0.1) is 31.1 Å². The second kappa shape index (κ2) is 14.7. The van der Waals surface area contributed by atoms with Crippen LogP contribution in [0.4, 0.5) is 5.69 Å². The SMILES string of the molecule is CCCC(=O)Nc1cccc(CC2N=C(c3ccc(CN(CC(O)CO)CC(O)CO)cc3)C=CC2=O)c1. The summed E-state index contributed by atoms with van der Waals surface area (Å²) in [6.07, 6.45) is 2.98. The lowest BCUT2D eigenvalue weighted by atomic mass is 9.97. The van der Waals surface area contributed by atoms with Crippen molar-refractivity contribution in [3.63, 3.8) is 0 Å². The molecule has 1 amide bonds. The number of rotatable bonds is 14. The minimum atomic E-state index is -0.954. The van der Waals surface area contributed by atoms with Crippen LogP contribution in [0.15, 0.2) is 65.7 Å². The molecular formula is C29H37N3O6. The van der Waals surface area contributed by atoms with E-state index >= 15 is 0 Å². The van der Waals surface area contributed by atoms with Crippen molar-refractivity contribution in [2.45, 2.75) is 51.0 Å². The lowest BCUT2D eigenvalue weighted by Gasteiger charge is -2.26. The van der Waals surface area contributed by atoms with Gasteiger partial charge in [-0.1, -0.05) is 43.3 Å². The first-order valence-corrected chi connectivity index (χ1v) is 12.9. The number of hydrogen-bond donors (Lipinski definition) is 5. The fraction of sp³-hybridized carbons (Fsp3) is 0.414. The van der Waals surface area contributed by atoms with Crippen LogP contribution in [0.5, 0.6) is 0 Å². The Morgan fingerprint density at radius 3 is 2.32 bits per heavy atom. The van der Waals surface area contributed by atoms with E-state index in [9.17, 15) is 30.0 Å². The van der Waals surface area contributed by atoms with Crippen LogP contribution in [0, 0.1) is 0 Å². The number of benzene rings is 2. The van der Waals surface area contributed by atoms with Crippen LogP contribution >= 0.6 is 0 Å². The number of anilines is 1. The maximum absolute atomic E-state index is 12.6. The number of carbonyl (C=O) groups is 2. The number of allylic oxidation sites excluding steroid dienone is 1. The molecule has 0 aliphatic carbocycles. The monoisotopic (exact) mass is 523 g/mol. The predicted octanol–water partition coefficient (Wildman–Crippen LogP) is 1.47. The number of carbonyl (C=O) groups excluding carboxylic acids is 2. The van der Waals surface area contributed by atoms with Gasteiger partial charge in [0.25, 0.3) is 0 Å². The number of nitrogens with zero attached hydrogens (tertiary/aromatic N) is 2. The minimum absolute atomic E-state index is 0.0395. The van der Waals surface area contributed by atoms with E-state index in [1.165, 1.54) is 0 Å². The third-order valence-corrected chi connectivity index (χ3v) is 6.16. The normalized spacial score (nSPS) is 16.8. The molecule has 3 unspecified atom stereocenters. The Morgan fingerprint density at radius 2 is 1.68 bits per heavy atom. The van der Waals surface area contributed by atoms with Gasteiger partial charge >= 0.3 is 0 Å². The molecule has 9 heteroatoms. The topological polar surface area (TPSA) is 143 Å². The quantitative estimate of drug-likeness (QED) is 0.252. The van der Waals surface area contributed by atoms with Crippen molar-refractivity contribution in [3.8, 4) is 0 Å². The lowest BCUT2D eigenvalue weighted by Crippen LogP contribution is -2.39. The molecule has 0 saturated carbocycles. The Morgan fingerprint density at radius 1 is 1.00 bits per heavy atom.